The number of carbonyl (C=O) groups is 1. The molecule has 29 heavy (non-hydrogen) atoms. The van der Waals surface area contributed by atoms with E-state index in [4.69, 9.17) is 22.9 Å². The molecule has 3 aromatic heterocycles. The molecule has 1 amide bonds. The van der Waals surface area contributed by atoms with Crippen molar-refractivity contribution >= 4 is 51.1 Å². The van der Waals surface area contributed by atoms with Crippen LogP contribution in [-0.4, -0.2) is 47.1 Å². The zero-order valence-electron chi connectivity index (χ0n) is 16.7. The summed E-state index contributed by atoms with van der Waals surface area (Å²) in [6.07, 6.45) is 6.73. The molecule has 2 aliphatic carbocycles. The molecule has 0 spiro atoms. The number of rotatable bonds is 6. The number of pyridine rings is 1. The number of amides is 1. The molecule has 0 bridgehead atoms. The van der Waals surface area contributed by atoms with E-state index in [0.29, 0.717) is 24.3 Å². The predicted molar refractivity (Wildman–Crippen MR) is 117 cm³/mol. The molecule has 2 fully saturated rings. The third-order valence-corrected chi connectivity index (χ3v) is 5.95. The van der Waals surface area contributed by atoms with Crippen LogP contribution in [0.2, 0.25) is 0 Å². The molecule has 3 aromatic rings. The number of aryl methyl sites for hydroxylation is 2. The van der Waals surface area contributed by atoms with Gasteiger partial charge in [-0.3, -0.25) is 4.79 Å². The lowest BCUT2D eigenvalue weighted by molar-refractivity contribution is -0.131. The zero-order chi connectivity index (χ0) is 20.3. The van der Waals surface area contributed by atoms with E-state index in [1.807, 2.05) is 11.6 Å². The Hall–Kier alpha value is -2.68. The van der Waals surface area contributed by atoms with E-state index >= 15 is 0 Å². The van der Waals surface area contributed by atoms with Gasteiger partial charge in [0.1, 0.15) is 11.2 Å². The van der Waals surface area contributed by atoms with Gasteiger partial charge in [-0.25, -0.2) is 9.97 Å². The molecular formula is C20H25N7OS. The molecule has 2 saturated carbocycles. The van der Waals surface area contributed by atoms with Crippen LogP contribution in [-0.2, 0) is 24.8 Å². The maximum atomic E-state index is 13.1. The number of thiocarbonyl (C=S) groups is 1. The monoisotopic (exact) mass is 411 g/mol. The fraction of sp³-hybridized carbons (Fsp3) is 0.500. The molecule has 8 nitrogen and oxygen atoms in total. The van der Waals surface area contributed by atoms with Gasteiger partial charge in [-0.1, -0.05) is 0 Å². The fourth-order valence-corrected chi connectivity index (χ4v) is 4.42. The van der Waals surface area contributed by atoms with Gasteiger partial charge in [-0.15, -0.1) is 0 Å². The highest BCUT2D eigenvalue weighted by Gasteiger charge is 2.42. The van der Waals surface area contributed by atoms with Crippen LogP contribution in [0, 0.1) is 0 Å². The summed E-state index contributed by atoms with van der Waals surface area (Å²) in [4.78, 5) is 24.5. The predicted octanol–water partition coefficient (Wildman–Crippen LogP) is 2.29. The second-order valence-corrected chi connectivity index (χ2v) is 8.50. The first-order valence-corrected chi connectivity index (χ1v) is 10.6. The summed E-state index contributed by atoms with van der Waals surface area (Å²) >= 11 is 5.02. The number of fused-ring (bicyclic) bond motifs is 3. The lowest BCUT2D eigenvalue weighted by atomic mass is 10.2. The molecule has 0 aliphatic heterocycles. The van der Waals surface area contributed by atoms with Crippen LogP contribution in [0.3, 0.4) is 0 Å². The molecule has 3 heterocycles. The number of anilines is 1. The number of hydrogen-bond donors (Lipinski definition) is 2. The van der Waals surface area contributed by atoms with E-state index in [0.717, 1.165) is 60.0 Å². The topological polar surface area (TPSA) is 94.0 Å². The Morgan fingerprint density at radius 3 is 2.62 bits per heavy atom. The van der Waals surface area contributed by atoms with Crippen LogP contribution in [0.4, 0.5) is 5.82 Å². The lowest BCUT2D eigenvalue weighted by Crippen LogP contribution is -2.36. The van der Waals surface area contributed by atoms with Crippen molar-refractivity contribution in [2.45, 2.75) is 57.7 Å². The molecule has 0 aromatic carbocycles. The van der Waals surface area contributed by atoms with Crippen LogP contribution >= 0.6 is 12.2 Å². The third kappa shape index (κ3) is 3.13. The minimum Gasteiger partial charge on any atom is -0.376 e. The molecule has 0 unspecified atom stereocenters. The van der Waals surface area contributed by atoms with Gasteiger partial charge in [0, 0.05) is 36.8 Å². The van der Waals surface area contributed by atoms with Crippen molar-refractivity contribution in [3.63, 3.8) is 0 Å². The number of nitrogens with zero attached hydrogens (tertiary/aromatic N) is 5. The van der Waals surface area contributed by atoms with Crippen molar-refractivity contribution in [3.05, 3.63) is 18.1 Å². The van der Waals surface area contributed by atoms with Crippen molar-refractivity contribution in [2.75, 3.05) is 5.32 Å². The smallest absolute Gasteiger partial charge is 0.229 e. The summed E-state index contributed by atoms with van der Waals surface area (Å²) in [5.74, 6) is 0.777. The Morgan fingerprint density at radius 1 is 1.34 bits per heavy atom. The molecule has 152 valence electrons. The maximum Gasteiger partial charge on any atom is 0.229 e. The molecule has 0 saturated heterocycles. The van der Waals surface area contributed by atoms with E-state index in [1.54, 1.807) is 6.33 Å². The van der Waals surface area contributed by atoms with E-state index in [9.17, 15) is 4.79 Å². The number of nitrogens with two attached hydrogens (primary N) is 1. The van der Waals surface area contributed by atoms with Gasteiger partial charge in [-0.2, -0.15) is 0 Å². The number of aromatic nitrogens is 4. The molecule has 0 atom stereocenters. The van der Waals surface area contributed by atoms with Gasteiger partial charge in [0.15, 0.2) is 10.9 Å². The van der Waals surface area contributed by atoms with Crippen molar-refractivity contribution in [1.82, 2.24) is 24.0 Å². The Labute approximate surface area is 174 Å². The first kappa shape index (κ1) is 18.4. The summed E-state index contributed by atoms with van der Waals surface area (Å²) in [6, 6.07) is 3.01. The second kappa shape index (κ2) is 6.69. The van der Waals surface area contributed by atoms with Crippen LogP contribution < -0.4 is 11.1 Å². The standard InChI is InChI=1S/C20H25N7OS/c1-3-26-13(9-15(28)27(11-4-5-11)12-6-7-12)8-14-17-16(22-10-25(17)2)18(23-19(14)26)24-20(21)29/h8,10-12H,3-7,9H2,1-2H3,(H3,21,23,24,29). The number of nitrogens with one attached hydrogen (secondary N) is 1. The Kier molecular flexibility index (Phi) is 4.23. The number of carbonyl (C=O) groups excluding carboxylic acids is 1. The van der Waals surface area contributed by atoms with Crippen LogP contribution in [0.25, 0.3) is 22.1 Å². The molecule has 9 heteroatoms. The normalized spacial score (nSPS) is 16.5. The van der Waals surface area contributed by atoms with Crippen molar-refractivity contribution in [3.8, 4) is 0 Å². The zero-order valence-corrected chi connectivity index (χ0v) is 17.5. The average Bonchev–Trinajstić information content (AvgIpc) is 3.59. The highest BCUT2D eigenvalue weighted by atomic mass is 32.1. The number of imidazole rings is 1. The second-order valence-electron chi connectivity index (χ2n) is 8.06. The maximum absolute atomic E-state index is 13.1. The van der Waals surface area contributed by atoms with Crippen molar-refractivity contribution in [2.24, 2.45) is 12.8 Å². The molecule has 5 rings (SSSR count). The fourth-order valence-electron chi connectivity index (χ4n) is 4.33. The highest BCUT2D eigenvalue weighted by molar-refractivity contribution is 7.80. The van der Waals surface area contributed by atoms with Gasteiger partial charge >= 0.3 is 0 Å². The number of hydrogen-bond acceptors (Lipinski definition) is 4. The quantitative estimate of drug-likeness (QED) is 0.605. The summed E-state index contributed by atoms with van der Waals surface area (Å²) in [7, 11) is 1.95. The molecule has 2 aliphatic rings. The van der Waals surface area contributed by atoms with Gasteiger partial charge in [-0.05, 0) is 50.9 Å². The van der Waals surface area contributed by atoms with E-state index in [1.165, 1.54) is 0 Å². The van der Waals surface area contributed by atoms with Crippen molar-refractivity contribution < 1.29 is 4.79 Å². The van der Waals surface area contributed by atoms with Gasteiger partial charge in [0.2, 0.25) is 5.91 Å². The van der Waals surface area contributed by atoms with E-state index < -0.39 is 0 Å². The SMILES string of the molecule is CCn1c(CC(=O)N(C2CC2)C2CC2)cc2c3c(ncn3C)c(NC(N)=S)nc21. The average molecular weight is 412 g/mol. The van der Waals surface area contributed by atoms with Crippen LogP contribution in [0.15, 0.2) is 12.4 Å². The summed E-state index contributed by atoms with van der Waals surface area (Å²) in [6.45, 7) is 2.80. The largest absolute Gasteiger partial charge is 0.376 e. The minimum atomic E-state index is 0.151. The molecule has 3 N–H and O–H groups in total. The van der Waals surface area contributed by atoms with Gasteiger partial charge < -0.3 is 25.1 Å². The first-order valence-electron chi connectivity index (χ1n) is 10.2. The molecular weight excluding hydrogens is 386 g/mol. The summed E-state index contributed by atoms with van der Waals surface area (Å²) < 4.78 is 4.08. The molecule has 0 radical (unpaired) electrons. The van der Waals surface area contributed by atoms with Crippen molar-refractivity contribution in [1.29, 1.82) is 0 Å². The van der Waals surface area contributed by atoms with Gasteiger partial charge in [0.05, 0.1) is 18.3 Å². The third-order valence-electron chi connectivity index (χ3n) is 5.85. The Morgan fingerprint density at radius 2 is 2.03 bits per heavy atom. The van der Waals surface area contributed by atoms with Gasteiger partial charge in [0.25, 0.3) is 0 Å². The van der Waals surface area contributed by atoms with E-state index in [2.05, 4.69) is 32.8 Å². The van der Waals surface area contributed by atoms with Crippen LogP contribution in [0.1, 0.15) is 38.3 Å². The van der Waals surface area contributed by atoms with Crippen LogP contribution in [0.5, 0.6) is 0 Å². The summed E-state index contributed by atoms with van der Waals surface area (Å²) in [5, 5.41) is 4.09. The summed E-state index contributed by atoms with van der Waals surface area (Å²) in [5.41, 5.74) is 9.17. The minimum absolute atomic E-state index is 0.151. The highest BCUT2D eigenvalue weighted by Crippen LogP contribution is 2.38. The first-order chi connectivity index (χ1) is 14.0. The Balaban J connectivity index is 1.61. The lowest BCUT2D eigenvalue weighted by Gasteiger charge is -2.22. The van der Waals surface area contributed by atoms with E-state index in [-0.39, 0.29) is 11.0 Å². The Bertz CT molecular complexity index is 1130.